The van der Waals surface area contributed by atoms with Crippen molar-refractivity contribution in [3.63, 3.8) is 0 Å². The largest absolute Gasteiger partial charge is 0.340 e. The average Bonchev–Trinajstić information content (AvgIpc) is 2.90. The first-order valence-corrected chi connectivity index (χ1v) is 10.5. The molecule has 0 spiro atoms. The summed E-state index contributed by atoms with van der Waals surface area (Å²) in [5.41, 5.74) is 9.41. The molecule has 0 aliphatic heterocycles. The first-order chi connectivity index (χ1) is 17.2. The quantitative estimate of drug-likeness (QED) is 0.254. The van der Waals surface area contributed by atoms with E-state index >= 15 is 0 Å². The number of hydrazone groups is 2. The zero-order valence-corrected chi connectivity index (χ0v) is 18.4. The molecule has 4 rings (SSSR count). The molecule has 9 nitrogen and oxygen atoms in total. The van der Waals surface area contributed by atoms with Crippen LogP contribution >= 0.6 is 0 Å². The Morgan fingerprint density at radius 2 is 1.20 bits per heavy atom. The summed E-state index contributed by atoms with van der Waals surface area (Å²) in [6.07, 6.45) is 3.24. The van der Waals surface area contributed by atoms with Crippen LogP contribution in [0.1, 0.15) is 22.3 Å². The molecule has 9 heteroatoms. The average molecular weight is 458 g/mol. The second-order valence-electron chi connectivity index (χ2n) is 7.16. The van der Waals surface area contributed by atoms with Crippen LogP contribution in [0.4, 0.5) is 23.3 Å². The summed E-state index contributed by atoms with van der Waals surface area (Å²) in [7, 11) is 0. The van der Waals surface area contributed by atoms with Crippen LogP contribution in [0, 0.1) is 22.7 Å². The van der Waals surface area contributed by atoms with Crippen molar-refractivity contribution in [2.75, 3.05) is 16.2 Å². The third-order valence-corrected chi connectivity index (χ3v) is 4.62. The van der Waals surface area contributed by atoms with E-state index in [4.69, 9.17) is 10.5 Å². The Morgan fingerprint density at radius 1 is 0.657 bits per heavy atom. The van der Waals surface area contributed by atoms with Crippen molar-refractivity contribution in [3.05, 3.63) is 107 Å². The zero-order valence-electron chi connectivity index (χ0n) is 18.4. The molecule has 0 aliphatic carbocycles. The Bertz CT molecular complexity index is 1330. The number of hydrogen-bond donors (Lipinski definition) is 3. The molecule has 0 unspecified atom stereocenters. The molecule has 0 atom stereocenters. The summed E-state index contributed by atoms with van der Waals surface area (Å²) in [5, 5.41) is 29.5. The molecule has 0 saturated carbocycles. The maximum absolute atomic E-state index is 8.92. The summed E-state index contributed by atoms with van der Waals surface area (Å²) in [5.74, 6) is 1.24. The van der Waals surface area contributed by atoms with E-state index in [0.717, 1.165) is 16.8 Å². The Kier molecular flexibility index (Phi) is 7.35. The van der Waals surface area contributed by atoms with Crippen molar-refractivity contribution in [3.8, 4) is 12.1 Å². The van der Waals surface area contributed by atoms with Crippen LogP contribution in [-0.2, 0) is 0 Å². The molecule has 0 radical (unpaired) electrons. The van der Waals surface area contributed by atoms with E-state index in [9.17, 15) is 0 Å². The van der Waals surface area contributed by atoms with Gasteiger partial charge in [0, 0.05) is 11.8 Å². The second kappa shape index (κ2) is 11.4. The summed E-state index contributed by atoms with van der Waals surface area (Å²) >= 11 is 0. The number of aromatic nitrogens is 2. The van der Waals surface area contributed by atoms with Gasteiger partial charge in [0.1, 0.15) is 5.82 Å². The number of hydrogen-bond acceptors (Lipinski definition) is 9. The van der Waals surface area contributed by atoms with Crippen LogP contribution in [-0.4, -0.2) is 22.4 Å². The number of nitrogens with zero attached hydrogens (tertiary/aromatic N) is 6. The van der Waals surface area contributed by atoms with E-state index in [0.29, 0.717) is 22.8 Å². The Morgan fingerprint density at radius 3 is 1.77 bits per heavy atom. The van der Waals surface area contributed by atoms with Crippen molar-refractivity contribution in [1.82, 2.24) is 9.97 Å². The van der Waals surface area contributed by atoms with E-state index in [1.54, 1.807) is 67.0 Å². The molecule has 168 valence electrons. The van der Waals surface area contributed by atoms with Crippen LogP contribution in [0.5, 0.6) is 0 Å². The molecule has 1 aromatic heterocycles. The highest BCUT2D eigenvalue weighted by Gasteiger charge is 2.05. The molecule has 35 heavy (non-hydrogen) atoms. The monoisotopic (exact) mass is 457 g/mol. The summed E-state index contributed by atoms with van der Waals surface area (Å²) in [4.78, 5) is 8.87. The van der Waals surface area contributed by atoms with Gasteiger partial charge >= 0.3 is 0 Å². The van der Waals surface area contributed by atoms with E-state index in [2.05, 4.69) is 48.5 Å². The van der Waals surface area contributed by atoms with E-state index in [-0.39, 0.29) is 5.95 Å². The third-order valence-electron chi connectivity index (χ3n) is 4.62. The number of rotatable bonds is 8. The van der Waals surface area contributed by atoms with Crippen LogP contribution in [0.2, 0.25) is 0 Å². The molecule has 0 aliphatic rings. The van der Waals surface area contributed by atoms with Crippen molar-refractivity contribution in [2.24, 2.45) is 10.2 Å². The molecule has 0 bridgehead atoms. The lowest BCUT2D eigenvalue weighted by atomic mass is 10.2. The predicted molar refractivity (Wildman–Crippen MR) is 137 cm³/mol. The van der Waals surface area contributed by atoms with Gasteiger partial charge in [-0.3, -0.25) is 5.43 Å². The van der Waals surface area contributed by atoms with Gasteiger partial charge in [-0.15, -0.1) is 0 Å². The molecular formula is C26H19N9. The Balaban J connectivity index is 1.51. The lowest BCUT2D eigenvalue weighted by Crippen LogP contribution is -2.04. The SMILES string of the molecule is N#Cc1ccc(C=NNc2cc(Nc3ccccc3)nc(NN=Cc3ccc(C#N)cc3)n2)cc1. The minimum absolute atomic E-state index is 0.256. The first kappa shape index (κ1) is 22.6. The van der Waals surface area contributed by atoms with Gasteiger partial charge < -0.3 is 5.32 Å². The minimum Gasteiger partial charge on any atom is -0.340 e. The van der Waals surface area contributed by atoms with Crippen LogP contribution in [0.25, 0.3) is 0 Å². The number of nitriles is 2. The summed E-state index contributed by atoms with van der Waals surface area (Å²) in [6.45, 7) is 0. The number of benzene rings is 3. The summed E-state index contributed by atoms with van der Waals surface area (Å²) < 4.78 is 0. The topological polar surface area (TPSA) is 134 Å². The minimum atomic E-state index is 0.256. The standard InChI is InChI=1S/C26H19N9/c27-15-19-6-10-21(11-7-19)17-29-34-25-14-24(31-23-4-2-1-3-5-23)32-26(33-25)35-30-18-22-12-8-20(16-28)9-13-22/h1-14,17-18H,(H3,31,32,33,34,35). The molecule has 4 aromatic rings. The number of para-hydroxylation sites is 1. The van der Waals surface area contributed by atoms with Gasteiger partial charge in [-0.05, 0) is 47.5 Å². The molecule has 0 fully saturated rings. The van der Waals surface area contributed by atoms with E-state index in [1.165, 1.54) is 0 Å². The van der Waals surface area contributed by atoms with Crippen molar-refractivity contribution >= 4 is 35.7 Å². The van der Waals surface area contributed by atoms with Gasteiger partial charge in [0.15, 0.2) is 5.82 Å². The van der Waals surface area contributed by atoms with Crippen molar-refractivity contribution < 1.29 is 0 Å². The maximum atomic E-state index is 8.92. The highest BCUT2D eigenvalue weighted by Crippen LogP contribution is 2.19. The van der Waals surface area contributed by atoms with Crippen LogP contribution in [0.15, 0.2) is 95.1 Å². The van der Waals surface area contributed by atoms with Gasteiger partial charge in [0.25, 0.3) is 0 Å². The number of nitrogens with one attached hydrogen (secondary N) is 3. The van der Waals surface area contributed by atoms with Crippen molar-refractivity contribution in [2.45, 2.75) is 0 Å². The molecular weight excluding hydrogens is 438 g/mol. The molecule has 0 amide bonds. The molecule has 0 saturated heterocycles. The number of anilines is 4. The normalized spacial score (nSPS) is 10.6. The van der Waals surface area contributed by atoms with E-state index in [1.807, 2.05) is 30.3 Å². The highest BCUT2D eigenvalue weighted by atomic mass is 15.4. The van der Waals surface area contributed by atoms with Crippen molar-refractivity contribution in [1.29, 1.82) is 10.5 Å². The van der Waals surface area contributed by atoms with Gasteiger partial charge in [0.2, 0.25) is 5.95 Å². The maximum Gasteiger partial charge on any atom is 0.247 e. The summed E-state index contributed by atoms with van der Waals surface area (Å²) in [6, 6.07) is 29.6. The fourth-order valence-corrected chi connectivity index (χ4v) is 2.91. The fraction of sp³-hybridized carbons (Fsp3) is 0. The van der Waals surface area contributed by atoms with Crippen LogP contribution in [0.3, 0.4) is 0 Å². The first-order valence-electron chi connectivity index (χ1n) is 10.5. The van der Waals surface area contributed by atoms with Gasteiger partial charge in [-0.1, -0.05) is 42.5 Å². The zero-order chi connectivity index (χ0) is 24.3. The lowest BCUT2D eigenvalue weighted by molar-refractivity contribution is 1.10. The highest BCUT2D eigenvalue weighted by molar-refractivity contribution is 5.81. The predicted octanol–water partition coefficient (Wildman–Crippen LogP) is 4.86. The van der Waals surface area contributed by atoms with E-state index < -0.39 is 0 Å². The van der Waals surface area contributed by atoms with Crippen LogP contribution < -0.4 is 16.2 Å². The van der Waals surface area contributed by atoms with Gasteiger partial charge in [-0.2, -0.15) is 30.7 Å². The fourth-order valence-electron chi connectivity index (χ4n) is 2.91. The molecule has 3 aromatic carbocycles. The third kappa shape index (κ3) is 6.72. The van der Waals surface area contributed by atoms with Gasteiger partial charge in [0.05, 0.1) is 35.7 Å². The lowest BCUT2D eigenvalue weighted by Gasteiger charge is -2.09. The van der Waals surface area contributed by atoms with Gasteiger partial charge in [-0.25, -0.2) is 5.43 Å². The Hall–Kier alpha value is -5.54. The Labute approximate surface area is 202 Å². The smallest absolute Gasteiger partial charge is 0.247 e. The molecule has 3 N–H and O–H groups in total. The second-order valence-corrected chi connectivity index (χ2v) is 7.16. The molecule has 1 heterocycles.